The van der Waals surface area contributed by atoms with E-state index >= 15 is 0 Å². The first-order valence-corrected chi connectivity index (χ1v) is 9.90. The van der Waals surface area contributed by atoms with Crippen molar-refractivity contribution in [3.05, 3.63) is 62.6 Å². The van der Waals surface area contributed by atoms with Crippen molar-refractivity contribution >= 4 is 21.6 Å². The lowest BCUT2D eigenvalue weighted by atomic mass is 9.81. The monoisotopic (exact) mass is 456 g/mol. The zero-order valence-electron chi connectivity index (χ0n) is 16.1. The number of nitrogens with zero attached hydrogens (tertiary/aromatic N) is 1. The molecule has 0 aromatic heterocycles. The number of aliphatic hydroxyl groups is 1. The van der Waals surface area contributed by atoms with Gasteiger partial charge in [0.1, 0.15) is 17.3 Å². The number of alkyl halides is 1. The van der Waals surface area contributed by atoms with Gasteiger partial charge < -0.3 is 10.8 Å². The number of hydrogen-bond acceptors (Lipinski definition) is 3. The average molecular weight is 457 g/mol. The van der Waals surface area contributed by atoms with Crippen LogP contribution in [0.25, 0.3) is 0 Å². The summed E-state index contributed by atoms with van der Waals surface area (Å²) in [4.78, 5) is 1.66. The van der Waals surface area contributed by atoms with Crippen LogP contribution in [-0.4, -0.2) is 34.9 Å². The normalized spacial score (nSPS) is 20.3. The minimum Gasteiger partial charge on any atom is -0.399 e. The molecule has 0 aliphatic carbocycles. The lowest BCUT2D eigenvalue weighted by Gasteiger charge is -2.45. The number of benzene rings is 2. The maximum Gasteiger partial charge on any atom is 0.132 e. The van der Waals surface area contributed by atoms with Crippen molar-refractivity contribution < 1.29 is 18.3 Å². The third-order valence-electron chi connectivity index (χ3n) is 5.30. The highest BCUT2D eigenvalue weighted by Crippen LogP contribution is 2.43. The van der Waals surface area contributed by atoms with Crippen molar-refractivity contribution in [1.29, 1.82) is 0 Å². The Hall–Kier alpha value is -1.57. The van der Waals surface area contributed by atoms with Crippen molar-refractivity contribution in [1.82, 2.24) is 4.90 Å². The van der Waals surface area contributed by atoms with E-state index in [1.807, 2.05) is 6.92 Å². The molecular weight excluding hydrogens is 433 g/mol. The van der Waals surface area contributed by atoms with Gasteiger partial charge in [-0.05, 0) is 62.1 Å². The van der Waals surface area contributed by atoms with Crippen LogP contribution in [-0.2, 0) is 6.42 Å². The molecule has 2 atom stereocenters. The molecule has 152 valence electrons. The van der Waals surface area contributed by atoms with E-state index in [2.05, 4.69) is 15.9 Å². The van der Waals surface area contributed by atoms with E-state index in [1.54, 1.807) is 17.0 Å². The van der Waals surface area contributed by atoms with Crippen LogP contribution in [0.3, 0.4) is 0 Å². The van der Waals surface area contributed by atoms with Crippen LogP contribution in [0.4, 0.5) is 18.9 Å². The van der Waals surface area contributed by atoms with Gasteiger partial charge >= 0.3 is 0 Å². The molecule has 1 aliphatic rings. The fourth-order valence-electron chi connectivity index (χ4n) is 4.03. The van der Waals surface area contributed by atoms with Crippen LogP contribution in [0.1, 0.15) is 42.1 Å². The molecule has 0 saturated carbocycles. The van der Waals surface area contributed by atoms with Crippen molar-refractivity contribution in [3.8, 4) is 0 Å². The third kappa shape index (κ3) is 3.93. The Morgan fingerprint density at radius 2 is 1.86 bits per heavy atom. The number of nitrogen functional groups attached to an aromatic ring is 1. The summed E-state index contributed by atoms with van der Waals surface area (Å²) in [6.45, 7) is 4.33. The lowest BCUT2D eigenvalue weighted by Crippen LogP contribution is -2.51. The number of fused-ring (bicyclic) bond motifs is 1. The summed E-state index contributed by atoms with van der Waals surface area (Å²) >= 11 is 3.10. The number of anilines is 1. The van der Waals surface area contributed by atoms with Gasteiger partial charge in [-0.1, -0.05) is 22.0 Å². The van der Waals surface area contributed by atoms with Gasteiger partial charge in [-0.2, -0.15) is 0 Å². The van der Waals surface area contributed by atoms with Crippen LogP contribution < -0.4 is 5.73 Å². The molecule has 0 fully saturated rings. The summed E-state index contributed by atoms with van der Waals surface area (Å²) in [5.74, 6) is -1.45. The van der Waals surface area contributed by atoms with Crippen molar-refractivity contribution in [2.75, 3.05) is 18.9 Å². The highest BCUT2D eigenvalue weighted by atomic mass is 79.9. The molecule has 7 heteroatoms. The molecule has 0 spiro atoms. The van der Waals surface area contributed by atoms with Crippen LogP contribution in [0.2, 0.25) is 0 Å². The minimum atomic E-state index is -1.62. The highest BCUT2D eigenvalue weighted by Gasteiger charge is 2.41. The van der Waals surface area contributed by atoms with E-state index in [0.29, 0.717) is 17.7 Å². The summed E-state index contributed by atoms with van der Waals surface area (Å²) in [6, 6.07) is 4.48. The summed E-state index contributed by atoms with van der Waals surface area (Å²) < 4.78 is 44.8. The first kappa shape index (κ1) is 21.1. The Balaban J connectivity index is 2.29. The first-order valence-electron chi connectivity index (χ1n) is 9.11. The molecular formula is C21H24BrF3N2O. The SMILES string of the molecule is Cc1c(N)ccc2c1C[C@@H](CO)N(CC(C)(C)F)[C@@H]2c1c(F)cc(Br)cc1F. The number of hydrogen-bond donors (Lipinski definition) is 2. The summed E-state index contributed by atoms with van der Waals surface area (Å²) in [5, 5.41) is 10.0. The maximum absolute atomic E-state index is 14.9. The quantitative estimate of drug-likeness (QED) is 0.656. The van der Waals surface area contributed by atoms with E-state index < -0.39 is 29.4 Å². The largest absolute Gasteiger partial charge is 0.399 e. The molecule has 1 aliphatic heterocycles. The summed E-state index contributed by atoms with van der Waals surface area (Å²) in [7, 11) is 0. The highest BCUT2D eigenvalue weighted by molar-refractivity contribution is 9.10. The molecule has 1 heterocycles. The Labute approximate surface area is 171 Å². The molecule has 0 saturated heterocycles. The number of halogens is 4. The van der Waals surface area contributed by atoms with Gasteiger partial charge in [0.25, 0.3) is 0 Å². The standard InChI is InChI=1S/C21H24BrF3N2O/c1-11-15-8-13(9-28)27(10-21(2,3)25)20(14(15)4-5-18(11)26)19-16(23)6-12(22)7-17(19)24/h4-7,13,20,28H,8-10,26H2,1-3H3/t13-,20-/m0/s1. The molecule has 0 radical (unpaired) electrons. The van der Waals surface area contributed by atoms with E-state index in [1.165, 1.54) is 26.0 Å². The molecule has 0 unspecified atom stereocenters. The first-order chi connectivity index (χ1) is 13.0. The van der Waals surface area contributed by atoms with Crippen molar-refractivity contribution in [3.63, 3.8) is 0 Å². The predicted molar refractivity (Wildman–Crippen MR) is 108 cm³/mol. The molecule has 2 aromatic carbocycles. The Kier molecular flexibility index (Phi) is 5.81. The molecule has 3 N–H and O–H groups in total. The molecule has 0 bridgehead atoms. The molecule has 0 amide bonds. The zero-order valence-corrected chi connectivity index (χ0v) is 17.7. The molecule has 3 rings (SSSR count). The maximum atomic E-state index is 14.9. The molecule has 28 heavy (non-hydrogen) atoms. The van der Waals surface area contributed by atoms with Gasteiger partial charge in [0.05, 0.1) is 12.6 Å². The van der Waals surface area contributed by atoms with Gasteiger partial charge in [0, 0.05) is 28.3 Å². The average Bonchev–Trinajstić information content (AvgIpc) is 2.57. The van der Waals surface area contributed by atoms with Gasteiger partial charge in [-0.3, -0.25) is 4.90 Å². The summed E-state index contributed by atoms with van der Waals surface area (Å²) in [6.07, 6.45) is 0.426. The second kappa shape index (κ2) is 7.69. The fraction of sp³-hybridized carbons (Fsp3) is 0.429. The van der Waals surface area contributed by atoms with E-state index in [0.717, 1.165) is 11.1 Å². The lowest BCUT2D eigenvalue weighted by molar-refractivity contribution is 0.0333. The third-order valence-corrected chi connectivity index (χ3v) is 5.76. The van der Waals surface area contributed by atoms with Crippen LogP contribution in [0, 0.1) is 18.6 Å². The number of rotatable bonds is 4. The Morgan fingerprint density at radius 3 is 2.39 bits per heavy atom. The van der Waals surface area contributed by atoms with Crippen LogP contribution >= 0.6 is 15.9 Å². The summed E-state index contributed by atoms with van der Waals surface area (Å²) in [5.41, 5.74) is 7.19. The van der Waals surface area contributed by atoms with Crippen molar-refractivity contribution in [2.24, 2.45) is 0 Å². The molecule has 2 aromatic rings. The molecule has 3 nitrogen and oxygen atoms in total. The minimum absolute atomic E-state index is 0.0826. The Morgan fingerprint density at radius 1 is 1.25 bits per heavy atom. The van der Waals surface area contributed by atoms with Gasteiger partial charge in [-0.15, -0.1) is 0 Å². The van der Waals surface area contributed by atoms with E-state index in [-0.39, 0.29) is 23.2 Å². The Bertz CT molecular complexity index is 875. The van der Waals surface area contributed by atoms with Gasteiger partial charge in [0.2, 0.25) is 0 Å². The number of aliphatic hydroxyl groups excluding tert-OH is 1. The predicted octanol–water partition coefficient (Wildman–Crippen LogP) is 4.67. The smallest absolute Gasteiger partial charge is 0.132 e. The van der Waals surface area contributed by atoms with Crippen molar-refractivity contribution in [2.45, 2.75) is 44.9 Å². The van der Waals surface area contributed by atoms with Crippen LogP contribution in [0.15, 0.2) is 28.7 Å². The second-order valence-corrected chi connectivity index (χ2v) is 8.88. The van der Waals surface area contributed by atoms with E-state index in [9.17, 15) is 18.3 Å². The van der Waals surface area contributed by atoms with Gasteiger partial charge in [0.15, 0.2) is 0 Å². The topological polar surface area (TPSA) is 49.5 Å². The number of nitrogens with two attached hydrogens (primary N) is 1. The zero-order chi connectivity index (χ0) is 20.8. The second-order valence-electron chi connectivity index (χ2n) is 7.96. The van der Waals surface area contributed by atoms with Crippen LogP contribution in [0.5, 0.6) is 0 Å². The van der Waals surface area contributed by atoms with E-state index in [4.69, 9.17) is 5.73 Å². The van der Waals surface area contributed by atoms with Gasteiger partial charge in [-0.25, -0.2) is 13.2 Å². The fourth-order valence-corrected chi connectivity index (χ4v) is 4.43.